The number of amides is 2. The van der Waals surface area contributed by atoms with Gasteiger partial charge in [-0.05, 0) is 79.2 Å². The van der Waals surface area contributed by atoms with E-state index in [1.165, 1.54) is 24.1 Å². The van der Waals surface area contributed by atoms with Crippen LogP contribution in [0.5, 0.6) is 0 Å². The summed E-state index contributed by atoms with van der Waals surface area (Å²) >= 11 is 6.62. The number of ether oxygens (including phenoxy) is 1. The van der Waals surface area contributed by atoms with E-state index in [1.54, 1.807) is 24.3 Å². The van der Waals surface area contributed by atoms with E-state index in [4.69, 9.17) is 21.7 Å². The van der Waals surface area contributed by atoms with Gasteiger partial charge in [-0.1, -0.05) is 23.7 Å². The summed E-state index contributed by atoms with van der Waals surface area (Å²) in [5.74, 6) is -0.583. The maximum atomic E-state index is 13.5. The molecule has 2 fully saturated rings. The van der Waals surface area contributed by atoms with E-state index >= 15 is 0 Å². The van der Waals surface area contributed by atoms with Crippen LogP contribution in [0.2, 0.25) is 5.02 Å². The summed E-state index contributed by atoms with van der Waals surface area (Å²) < 4.78 is 45.5. The van der Waals surface area contributed by atoms with E-state index in [9.17, 15) is 22.8 Å². The fourth-order valence-electron chi connectivity index (χ4n) is 4.35. The molecule has 0 unspecified atom stereocenters. The van der Waals surface area contributed by atoms with Gasteiger partial charge in [0.15, 0.2) is 0 Å². The Morgan fingerprint density at radius 2 is 1.89 bits per heavy atom. The summed E-state index contributed by atoms with van der Waals surface area (Å²) in [6, 6.07) is 8.38. The monoisotopic (exact) mass is 566 g/mol. The molecule has 0 radical (unpaired) electrons. The number of halogens is 4. The zero-order chi connectivity index (χ0) is 27.4. The lowest BCUT2D eigenvalue weighted by Crippen LogP contribution is -2.36. The number of hydrogen-bond donors (Lipinski definition) is 2. The molecule has 0 aromatic heterocycles. The molecule has 2 saturated heterocycles. The van der Waals surface area contributed by atoms with E-state index in [-0.39, 0.29) is 44.6 Å². The van der Waals surface area contributed by atoms with Gasteiger partial charge in [0, 0.05) is 30.3 Å². The van der Waals surface area contributed by atoms with Crippen molar-refractivity contribution in [1.29, 1.82) is 5.41 Å². The Labute approximate surface area is 227 Å². The summed E-state index contributed by atoms with van der Waals surface area (Å²) in [7, 11) is 1.31. The fourth-order valence-corrected chi connectivity index (χ4v) is 5.39. The molecule has 4 rings (SSSR count). The Morgan fingerprint density at radius 1 is 1.16 bits per heavy atom. The summed E-state index contributed by atoms with van der Waals surface area (Å²) in [5.41, 5.74) is 0.342. The van der Waals surface area contributed by atoms with Crippen molar-refractivity contribution in [3.05, 3.63) is 68.6 Å². The molecule has 0 spiro atoms. The number of likely N-dealkylation sites (tertiary alicyclic amines) is 1. The molecule has 2 aromatic carbocycles. The molecule has 2 aromatic rings. The number of rotatable bonds is 8. The minimum atomic E-state index is -4.58. The third-order valence-electron chi connectivity index (χ3n) is 6.35. The van der Waals surface area contributed by atoms with Crippen LogP contribution in [-0.4, -0.2) is 60.1 Å². The topological polar surface area (TPSA) is 85.7 Å². The largest absolute Gasteiger partial charge is 0.481 e. The quantitative estimate of drug-likeness (QED) is 0.229. The van der Waals surface area contributed by atoms with Gasteiger partial charge in [0.25, 0.3) is 11.1 Å². The molecule has 0 aliphatic carbocycles. The van der Waals surface area contributed by atoms with E-state index in [0.29, 0.717) is 24.3 Å². The average molecular weight is 567 g/mol. The van der Waals surface area contributed by atoms with Crippen LogP contribution in [0.4, 0.5) is 23.7 Å². The first-order valence-corrected chi connectivity index (χ1v) is 13.1. The van der Waals surface area contributed by atoms with Crippen molar-refractivity contribution in [2.45, 2.75) is 25.6 Å². The lowest BCUT2D eigenvalue weighted by molar-refractivity contribution is -0.138. The van der Waals surface area contributed by atoms with Gasteiger partial charge in [-0.25, -0.2) is 0 Å². The van der Waals surface area contributed by atoms with Crippen LogP contribution in [-0.2, 0) is 22.3 Å². The number of thioether (sulfide) groups is 1. The molecule has 38 heavy (non-hydrogen) atoms. The van der Waals surface area contributed by atoms with Crippen molar-refractivity contribution in [2.24, 2.45) is 0 Å². The lowest BCUT2D eigenvalue weighted by atomic mass is 10.0. The maximum Gasteiger partial charge on any atom is 0.416 e. The number of hydrogen-bond acceptors (Lipinski definition) is 7. The zero-order valence-electron chi connectivity index (χ0n) is 20.5. The van der Waals surface area contributed by atoms with Crippen LogP contribution < -0.4 is 5.32 Å². The van der Waals surface area contributed by atoms with E-state index < -0.39 is 11.7 Å². The molecule has 0 bridgehead atoms. The van der Waals surface area contributed by atoms with Gasteiger partial charge in [0.1, 0.15) is 0 Å². The second-order valence-corrected chi connectivity index (χ2v) is 10.3. The standard InChI is InChI=1S/C26H26ClF3N4O3S/c1-37-23(31)19-12-16(13-22-24(35)34(25(36)38-22)11-10-33-8-2-3-9-33)4-7-21(19)32-15-17-5-6-18(27)14-20(17)26(28,29)30/h4-7,12-14,31-32H,2-3,8-11,15H2,1H3/b22-13-,31-23?. The molecule has 2 N–H and O–H groups in total. The molecule has 7 nitrogen and oxygen atoms in total. The highest BCUT2D eigenvalue weighted by Gasteiger charge is 2.35. The Bertz CT molecular complexity index is 1280. The highest BCUT2D eigenvalue weighted by atomic mass is 35.5. The predicted molar refractivity (Wildman–Crippen MR) is 142 cm³/mol. The third-order valence-corrected chi connectivity index (χ3v) is 7.49. The molecule has 0 atom stereocenters. The molecular formula is C26H26ClF3N4O3S. The molecule has 2 heterocycles. The van der Waals surface area contributed by atoms with Crippen molar-refractivity contribution < 1.29 is 27.5 Å². The Kier molecular flexibility index (Phi) is 8.69. The van der Waals surface area contributed by atoms with Gasteiger partial charge < -0.3 is 15.0 Å². The first-order chi connectivity index (χ1) is 18.1. The number of nitrogens with one attached hydrogen (secondary N) is 2. The molecule has 2 aliphatic rings. The van der Waals surface area contributed by atoms with Crippen molar-refractivity contribution in [2.75, 3.05) is 38.6 Å². The van der Waals surface area contributed by atoms with Crippen LogP contribution in [0.15, 0.2) is 41.3 Å². The summed E-state index contributed by atoms with van der Waals surface area (Å²) in [6.45, 7) is 2.73. The number of carbonyl (C=O) groups is 2. The predicted octanol–water partition coefficient (Wildman–Crippen LogP) is 6.07. The molecule has 2 amide bonds. The van der Waals surface area contributed by atoms with E-state index in [2.05, 4.69) is 10.2 Å². The van der Waals surface area contributed by atoms with Gasteiger partial charge in [0.2, 0.25) is 5.90 Å². The first kappa shape index (κ1) is 28.0. The van der Waals surface area contributed by atoms with Crippen molar-refractivity contribution in [1.82, 2.24) is 9.80 Å². The van der Waals surface area contributed by atoms with Gasteiger partial charge in [-0.2, -0.15) is 13.2 Å². The highest BCUT2D eigenvalue weighted by Crippen LogP contribution is 2.35. The SMILES string of the molecule is COC(=N)c1cc(/C=C2\SC(=O)N(CCN3CCCC3)C2=O)ccc1NCc1ccc(Cl)cc1C(F)(F)F. The van der Waals surface area contributed by atoms with Gasteiger partial charge in [0.05, 0.1) is 23.1 Å². The van der Waals surface area contributed by atoms with Crippen LogP contribution in [0.1, 0.15) is 35.1 Å². The van der Waals surface area contributed by atoms with Crippen LogP contribution >= 0.6 is 23.4 Å². The van der Waals surface area contributed by atoms with E-state index in [1.807, 2.05) is 0 Å². The van der Waals surface area contributed by atoms with Gasteiger partial charge >= 0.3 is 6.18 Å². The van der Waals surface area contributed by atoms with Crippen molar-refractivity contribution >= 4 is 52.2 Å². The number of nitrogens with zero attached hydrogens (tertiary/aromatic N) is 2. The normalized spacial score (nSPS) is 17.5. The number of benzene rings is 2. The first-order valence-electron chi connectivity index (χ1n) is 11.9. The smallest absolute Gasteiger partial charge is 0.416 e. The molecule has 12 heteroatoms. The highest BCUT2D eigenvalue weighted by molar-refractivity contribution is 8.18. The Balaban J connectivity index is 1.52. The van der Waals surface area contributed by atoms with Crippen molar-refractivity contribution in [3.63, 3.8) is 0 Å². The average Bonchev–Trinajstić information content (AvgIpc) is 3.49. The molecule has 0 saturated carbocycles. The number of carbonyl (C=O) groups excluding carboxylic acids is 2. The summed E-state index contributed by atoms with van der Waals surface area (Å²) in [5, 5.41) is 10.8. The molecule has 2 aliphatic heterocycles. The van der Waals surface area contributed by atoms with Crippen LogP contribution in [0.25, 0.3) is 6.08 Å². The van der Waals surface area contributed by atoms with Gasteiger partial charge in [-0.3, -0.25) is 19.9 Å². The second kappa shape index (κ2) is 11.8. The Morgan fingerprint density at radius 3 is 2.58 bits per heavy atom. The van der Waals surface area contributed by atoms with Crippen LogP contribution in [0.3, 0.4) is 0 Å². The molecular weight excluding hydrogens is 541 g/mol. The lowest BCUT2D eigenvalue weighted by Gasteiger charge is -2.18. The number of anilines is 1. The minimum Gasteiger partial charge on any atom is -0.481 e. The number of alkyl halides is 3. The summed E-state index contributed by atoms with van der Waals surface area (Å²) in [4.78, 5) is 29.1. The fraction of sp³-hybridized carbons (Fsp3) is 0.346. The molecule has 202 valence electrons. The van der Waals surface area contributed by atoms with E-state index in [0.717, 1.165) is 43.8 Å². The summed E-state index contributed by atoms with van der Waals surface area (Å²) in [6.07, 6.45) is -0.771. The maximum absolute atomic E-state index is 13.5. The third kappa shape index (κ3) is 6.51. The van der Waals surface area contributed by atoms with Crippen LogP contribution in [0, 0.1) is 5.41 Å². The van der Waals surface area contributed by atoms with Crippen molar-refractivity contribution in [3.8, 4) is 0 Å². The van der Waals surface area contributed by atoms with Gasteiger partial charge in [-0.15, -0.1) is 0 Å². The number of methoxy groups -OCH3 is 1. The Hall–Kier alpha value is -3.02. The zero-order valence-corrected chi connectivity index (χ0v) is 22.1. The second-order valence-electron chi connectivity index (χ2n) is 8.87. The number of imide groups is 1. The minimum absolute atomic E-state index is 0.0107.